The molecule has 2 rings (SSSR count). The van der Waals surface area contributed by atoms with Gasteiger partial charge in [-0.1, -0.05) is 0 Å². The van der Waals surface area contributed by atoms with Crippen LogP contribution in [0.5, 0.6) is 23.1 Å². The van der Waals surface area contributed by atoms with Crippen LogP contribution in [0.2, 0.25) is 0 Å². The van der Waals surface area contributed by atoms with Gasteiger partial charge in [-0.25, -0.2) is 4.79 Å². The van der Waals surface area contributed by atoms with Gasteiger partial charge in [0.15, 0.2) is 11.5 Å². The third-order valence-corrected chi connectivity index (χ3v) is 3.24. The summed E-state index contributed by atoms with van der Waals surface area (Å²) in [5.74, 6) is -0.236. The lowest BCUT2D eigenvalue weighted by Gasteiger charge is -2.17. The van der Waals surface area contributed by atoms with Gasteiger partial charge in [-0.05, 0) is 19.1 Å². The first-order chi connectivity index (χ1) is 11.6. The molecular formula is C16H18N2O6. The summed E-state index contributed by atoms with van der Waals surface area (Å²) in [5.41, 5.74) is 0.766. The highest BCUT2D eigenvalue weighted by molar-refractivity contribution is 5.95. The SMILES string of the molecule is CCOc1ccc(-c2cc(C(=O)O)c(OC)c(OC)c2OC)nn1. The van der Waals surface area contributed by atoms with Crippen LogP contribution < -0.4 is 18.9 Å². The van der Waals surface area contributed by atoms with Gasteiger partial charge in [0.2, 0.25) is 11.6 Å². The maximum absolute atomic E-state index is 11.5. The molecule has 8 heteroatoms. The number of carbonyl (C=O) groups is 1. The van der Waals surface area contributed by atoms with Crippen molar-refractivity contribution in [3.05, 3.63) is 23.8 Å². The molecule has 0 saturated heterocycles. The Hall–Kier alpha value is -3.03. The van der Waals surface area contributed by atoms with E-state index in [4.69, 9.17) is 18.9 Å². The molecule has 24 heavy (non-hydrogen) atoms. The number of aromatic carboxylic acids is 1. The van der Waals surface area contributed by atoms with E-state index < -0.39 is 5.97 Å². The van der Waals surface area contributed by atoms with E-state index in [0.717, 1.165) is 0 Å². The lowest BCUT2D eigenvalue weighted by Crippen LogP contribution is -2.06. The Kier molecular flexibility index (Phi) is 5.41. The third kappa shape index (κ3) is 3.17. The largest absolute Gasteiger partial charge is 0.492 e. The van der Waals surface area contributed by atoms with Crippen LogP contribution in [0.15, 0.2) is 18.2 Å². The summed E-state index contributed by atoms with van der Waals surface area (Å²) in [4.78, 5) is 11.5. The van der Waals surface area contributed by atoms with E-state index in [0.29, 0.717) is 29.5 Å². The molecule has 8 nitrogen and oxygen atoms in total. The first-order valence-corrected chi connectivity index (χ1v) is 7.10. The van der Waals surface area contributed by atoms with Crippen molar-refractivity contribution in [3.63, 3.8) is 0 Å². The minimum Gasteiger partial charge on any atom is -0.492 e. The second-order valence-corrected chi connectivity index (χ2v) is 4.57. The van der Waals surface area contributed by atoms with Crippen LogP contribution >= 0.6 is 0 Å². The van der Waals surface area contributed by atoms with Crippen LogP contribution in [0.3, 0.4) is 0 Å². The van der Waals surface area contributed by atoms with Gasteiger partial charge >= 0.3 is 5.97 Å². The Morgan fingerprint density at radius 3 is 2.17 bits per heavy atom. The van der Waals surface area contributed by atoms with Crippen molar-refractivity contribution in [2.24, 2.45) is 0 Å². The number of hydrogen-bond donors (Lipinski definition) is 1. The second kappa shape index (κ2) is 7.49. The van der Waals surface area contributed by atoms with Crippen molar-refractivity contribution in [1.82, 2.24) is 10.2 Å². The van der Waals surface area contributed by atoms with E-state index in [1.54, 1.807) is 12.1 Å². The Balaban J connectivity index is 2.67. The van der Waals surface area contributed by atoms with Gasteiger partial charge in [-0.2, -0.15) is 0 Å². The molecular weight excluding hydrogens is 316 g/mol. The summed E-state index contributed by atoms with van der Waals surface area (Å²) >= 11 is 0. The molecule has 0 unspecified atom stereocenters. The molecule has 0 bridgehead atoms. The average molecular weight is 334 g/mol. The molecule has 0 aliphatic rings. The minimum absolute atomic E-state index is 0.0687. The van der Waals surface area contributed by atoms with Crippen LogP contribution in [0, 0.1) is 0 Å². The number of nitrogens with zero attached hydrogens (tertiary/aromatic N) is 2. The van der Waals surface area contributed by atoms with Gasteiger partial charge < -0.3 is 24.1 Å². The molecule has 1 aromatic carbocycles. The van der Waals surface area contributed by atoms with Crippen molar-refractivity contribution in [1.29, 1.82) is 0 Å². The molecule has 0 saturated carbocycles. The number of methoxy groups -OCH3 is 3. The lowest BCUT2D eigenvalue weighted by atomic mass is 10.0. The van der Waals surface area contributed by atoms with Gasteiger partial charge in [-0.3, -0.25) is 0 Å². The van der Waals surface area contributed by atoms with Gasteiger partial charge in [0, 0.05) is 11.6 Å². The van der Waals surface area contributed by atoms with Crippen LogP contribution in [-0.4, -0.2) is 49.2 Å². The van der Waals surface area contributed by atoms with Crippen LogP contribution in [0.1, 0.15) is 17.3 Å². The highest BCUT2D eigenvalue weighted by Gasteiger charge is 2.25. The maximum Gasteiger partial charge on any atom is 0.339 e. The second-order valence-electron chi connectivity index (χ2n) is 4.57. The van der Waals surface area contributed by atoms with E-state index in [-0.39, 0.29) is 17.1 Å². The van der Waals surface area contributed by atoms with Gasteiger partial charge in [0.1, 0.15) is 5.56 Å². The number of rotatable bonds is 7. The molecule has 0 atom stereocenters. The van der Waals surface area contributed by atoms with Crippen LogP contribution in [0.4, 0.5) is 0 Å². The van der Waals surface area contributed by atoms with Crippen LogP contribution in [-0.2, 0) is 0 Å². The van der Waals surface area contributed by atoms with Crippen LogP contribution in [0.25, 0.3) is 11.3 Å². The van der Waals surface area contributed by atoms with E-state index >= 15 is 0 Å². The van der Waals surface area contributed by atoms with Gasteiger partial charge in [0.05, 0.1) is 33.6 Å². The standard InChI is InChI=1S/C16H18N2O6/c1-5-24-12-7-6-11(17-18-12)9-8-10(16(19)20)14(22-3)15(23-4)13(9)21-2/h6-8H,5H2,1-4H3,(H,19,20). The third-order valence-electron chi connectivity index (χ3n) is 3.24. The summed E-state index contributed by atoms with van der Waals surface area (Å²) in [5, 5.41) is 17.4. The van der Waals surface area contributed by atoms with E-state index in [2.05, 4.69) is 10.2 Å². The Morgan fingerprint density at radius 1 is 1.04 bits per heavy atom. The fourth-order valence-electron chi connectivity index (χ4n) is 2.25. The topological polar surface area (TPSA) is 100 Å². The van der Waals surface area contributed by atoms with Crippen molar-refractivity contribution in [2.75, 3.05) is 27.9 Å². The number of carboxylic acids is 1. The summed E-state index contributed by atoms with van der Waals surface area (Å²) in [6.45, 7) is 2.31. The summed E-state index contributed by atoms with van der Waals surface area (Å²) in [7, 11) is 4.21. The molecule has 128 valence electrons. The molecule has 0 amide bonds. The zero-order chi connectivity index (χ0) is 17.7. The lowest BCUT2D eigenvalue weighted by molar-refractivity contribution is 0.0692. The molecule has 1 heterocycles. The zero-order valence-corrected chi connectivity index (χ0v) is 13.8. The maximum atomic E-state index is 11.5. The van der Waals surface area contributed by atoms with Gasteiger partial charge in [-0.15, -0.1) is 10.2 Å². The number of carboxylic acid groups (broad SMARTS) is 1. The molecule has 1 aromatic heterocycles. The smallest absolute Gasteiger partial charge is 0.339 e. The summed E-state index contributed by atoms with van der Waals surface area (Å²) in [6.07, 6.45) is 0. The highest BCUT2D eigenvalue weighted by Crippen LogP contribution is 2.46. The first-order valence-electron chi connectivity index (χ1n) is 7.10. The summed E-state index contributed by atoms with van der Waals surface area (Å²) in [6, 6.07) is 4.71. The van der Waals surface area contributed by atoms with Crippen molar-refractivity contribution < 1.29 is 28.8 Å². The predicted octanol–water partition coefficient (Wildman–Crippen LogP) is 2.27. The fraction of sp³-hybridized carbons (Fsp3) is 0.312. The molecule has 0 fully saturated rings. The number of aromatic nitrogens is 2. The van der Waals surface area contributed by atoms with E-state index in [1.165, 1.54) is 27.4 Å². The number of hydrogen-bond acceptors (Lipinski definition) is 7. The molecule has 1 N–H and O–H groups in total. The first kappa shape index (κ1) is 17.3. The fourth-order valence-corrected chi connectivity index (χ4v) is 2.25. The quantitative estimate of drug-likeness (QED) is 0.823. The minimum atomic E-state index is -1.16. The molecule has 0 aliphatic carbocycles. The van der Waals surface area contributed by atoms with Crippen molar-refractivity contribution in [2.45, 2.75) is 6.92 Å². The van der Waals surface area contributed by atoms with Gasteiger partial charge in [0.25, 0.3) is 0 Å². The average Bonchev–Trinajstić information content (AvgIpc) is 2.60. The summed E-state index contributed by atoms with van der Waals surface area (Å²) < 4.78 is 21.1. The molecule has 2 aromatic rings. The molecule has 0 aliphatic heterocycles. The van der Waals surface area contributed by atoms with Crippen molar-refractivity contribution in [3.8, 4) is 34.4 Å². The van der Waals surface area contributed by atoms with E-state index in [1.807, 2.05) is 6.92 Å². The number of ether oxygens (including phenoxy) is 4. The van der Waals surface area contributed by atoms with Crippen molar-refractivity contribution >= 4 is 5.97 Å². The number of benzene rings is 1. The highest BCUT2D eigenvalue weighted by atomic mass is 16.5. The molecule has 0 radical (unpaired) electrons. The zero-order valence-electron chi connectivity index (χ0n) is 13.8. The molecule has 0 spiro atoms. The monoisotopic (exact) mass is 334 g/mol. The van der Waals surface area contributed by atoms with E-state index in [9.17, 15) is 9.90 Å². The predicted molar refractivity (Wildman–Crippen MR) is 85.3 cm³/mol. The normalized spacial score (nSPS) is 10.2. The Morgan fingerprint density at radius 2 is 1.71 bits per heavy atom. The Bertz CT molecular complexity index is 730. The Labute approximate surface area is 138 Å².